The number of allylic oxidation sites excluding steroid dienone is 8. The lowest BCUT2D eigenvalue weighted by atomic mass is 10.0. The number of phosphoric ester groups is 1. The zero-order valence-corrected chi connectivity index (χ0v) is 50.2. The molecule has 74 heavy (non-hydrogen) atoms. The summed E-state index contributed by atoms with van der Waals surface area (Å²) < 4.78 is 34.2. The molecule has 9 nitrogen and oxygen atoms in total. The van der Waals surface area contributed by atoms with Gasteiger partial charge in [-0.2, -0.15) is 0 Å². The first kappa shape index (κ1) is 72.0. The molecule has 0 amide bonds. The van der Waals surface area contributed by atoms with Crippen molar-refractivity contribution < 1.29 is 42.1 Å². The molecule has 434 valence electrons. The minimum absolute atomic E-state index is 0.0295. The van der Waals surface area contributed by atoms with Gasteiger partial charge in [-0.15, -0.1) is 0 Å². The van der Waals surface area contributed by atoms with E-state index in [-0.39, 0.29) is 32.0 Å². The van der Waals surface area contributed by atoms with Crippen molar-refractivity contribution >= 4 is 19.8 Å². The maximum absolute atomic E-state index is 12.8. The highest BCUT2D eigenvalue weighted by atomic mass is 31.2. The summed E-state index contributed by atoms with van der Waals surface area (Å²) in [5.41, 5.74) is 0. The fourth-order valence-corrected chi connectivity index (χ4v) is 9.79. The van der Waals surface area contributed by atoms with Crippen molar-refractivity contribution in [2.24, 2.45) is 0 Å². The lowest BCUT2D eigenvalue weighted by Crippen LogP contribution is -2.37. The Morgan fingerprint density at radius 3 is 1.15 bits per heavy atom. The van der Waals surface area contributed by atoms with Gasteiger partial charge in [-0.25, -0.2) is 0 Å². The zero-order chi connectivity index (χ0) is 54.2. The second-order valence-electron chi connectivity index (χ2n) is 22.4. The molecular formula is C64H120NO8P. The number of carbonyl (C=O) groups is 2. The van der Waals surface area contributed by atoms with E-state index in [0.29, 0.717) is 17.4 Å². The van der Waals surface area contributed by atoms with E-state index < -0.39 is 26.5 Å². The summed E-state index contributed by atoms with van der Waals surface area (Å²) in [6.45, 7) is 4.18. The largest absolute Gasteiger partial charge is 0.756 e. The molecule has 0 spiro atoms. The van der Waals surface area contributed by atoms with Crippen LogP contribution >= 0.6 is 7.82 Å². The molecule has 0 fully saturated rings. The second-order valence-corrected chi connectivity index (χ2v) is 23.8. The molecule has 0 aromatic heterocycles. The average Bonchev–Trinajstić information content (AvgIpc) is 3.36. The summed E-state index contributed by atoms with van der Waals surface area (Å²) >= 11 is 0. The van der Waals surface area contributed by atoms with Crippen molar-refractivity contribution in [3.05, 3.63) is 48.6 Å². The number of hydrogen-bond donors (Lipinski definition) is 0. The van der Waals surface area contributed by atoms with Crippen LogP contribution < -0.4 is 4.89 Å². The minimum Gasteiger partial charge on any atom is -0.756 e. The van der Waals surface area contributed by atoms with E-state index in [1.807, 2.05) is 21.1 Å². The summed E-state index contributed by atoms with van der Waals surface area (Å²) in [7, 11) is 1.18. The summed E-state index contributed by atoms with van der Waals surface area (Å²) in [5.74, 6) is -0.819. The predicted molar refractivity (Wildman–Crippen MR) is 314 cm³/mol. The molecule has 0 bridgehead atoms. The summed E-state index contributed by atoms with van der Waals surface area (Å²) in [4.78, 5) is 38.0. The van der Waals surface area contributed by atoms with E-state index >= 15 is 0 Å². The van der Waals surface area contributed by atoms with Crippen molar-refractivity contribution in [1.82, 2.24) is 0 Å². The van der Waals surface area contributed by atoms with Gasteiger partial charge < -0.3 is 27.9 Å². The first-order valence-electron chi connectivity index (χ1n) is 31.3. The van der Waals surface area contributed by atoms with Gasteiger partial charge in [0.25, 0.3) is 7.82 Å². The maximum Gasteiger partial charge on any atom is 0.306 e. The Bertz CT molecular complexity index is 1390. The third kappa shape index (κ3) is 59.2. The smallest absolute Gasteiger partial charge is 0.306 e. The molecule has 0 aromatic carbocycles. The topological polar surface area (TPSA) is 111 Å². The molecule has 2 unspecified atom stereocenters. The van der Waals surface area contributed by atoms with Crippen molar-refractivity contribution in [2.45, 2.75) is 302 Å². The molecule has 0 aliphatic heterocycles. The molecule has 0 aromatic rings. The van der Waals surface area contributed by atoms with E-state index in [1.165, 1.54) is 199 Å². The molecule has 2 atom stereocenters. The van der Waals surface area contributed by atoms with Crippen molar-refractivity contribution in [2.75, 3.05) is 47.5 Å². The van der Waals surface area contributed by atoms with Crippen LogP contribution in [0.5, 0.6) is 0 Å². The number of carbonyl (C=O) groups excluding carboxylic acids is 2. The SMILES string of the molecule is CC/C=C\C/C=C\C/C=C\C/C=C\CCCCCCCCCCCCCCCCC(=O)OC(COC(=O)CCCCCCCCCCCCCCCCCCCCCCCCC)COP(=O)([O-])OCC[N+](C)(C)C. The van der Waals surface area contributed by atoms with Crippen molar-refractivity contribution in [3.8, 4) is 0 Å². The molecule has 10 heteroatoms. The zero-order valence-electron chi connectivity index (χ0n) is 49.3. The fraction of sp³-hybridized carbons (Fsp3) is 0.844. The Hall–Kier alpha value is -2.03. The van der Waals surface area contributed by atoms with Crippen LogP contribution in [0.3, 0.4) is 0 Å². The Morgan fingerprint density at radius 1 is 0.432 bits per heavy atom. The number of quaternary nitrogens is 1. The van der Waals surface area contributed by atoms with Crippen molar-refractivity contribution in [3.63, 3.8) is 0 Å². The number of nitrogens with zero attached hydrogens (tertiary/aromatic N) is 1. The van der Waals surface area contributed by atoms with Crippen molar-refractivity contribution in [1.29, 1.82) is 0 Å². The Balaban J connectivity index is 4.08. The molecule has 0 aliphatic rings. The first-order chi connectivity index (χ1) is 36.0. The van der Waals surface area contributed by atoms with Crippen LogP contribution in [-0.2, 0) is 32.7 Å². The van der Waals surface area contributed by atoms with Gasteiger partial charge in [0, 0.05) is 12.8 Å². The fourth-order valence-electron chi connectivity index (χ4n) is 9.06. The molecule has 0 rings (SSSR count). The van der Waals surface area contributed by atoms with Gasteiger partial charge in [-0.3, -0.25) is 14.2 Å². The Kier molecular flexibility index (Phi) is 54.2. The van der Waals surface area contributed by atoms with Crippen LogP contribution in [0.15, 0.2) is 48.6 Å². The number of esters is 2. The highest BCUT2D eigenvalue weighted by Gasteiger charge is 2.22. The normalized spacial score (nSPS) is 13.5. The number of likely N-dealkylation sites (N-methyl/N-ethyl adjacent to an activating group) is 1. The number of rotatable bonds is 58. The molecule has 0 N–H and O–H groups in total. The van der Waals surface area contributed by atoms with Gasteiger partial charge in [-0.05, 0) is 51.4 Å². The standard InChI is InChI=1S/C64H120NO8P/c1-6-8-10-12-14-16-18-20-22-24-26-28-30-31-32-33-35-37-39-41-43-45-47-49-51-53-55-57-64(67)73-62(61-72-74(68,69)71-59-58-65(3,4)5)60-70-63(66)56-54-52-50-48-46-44-42-40-38-36-34-29-27-25-23-21-19-17-15-13-11-9-7-2/h8,10,14,16,20,22,26,28,62H,6-7,9,11-13,15,17-19,21,23-25,27,29-61H2,1-5H3/b10-8-,16-14-,22-20-,28-26-. The summed E-state index contributed by atoms with van der Waals surface area (Å²) in [6, 6.07) is 0. The van der Waals surface area contributed by atoms with Crippen LogP contribution in [0, 0.1) is 0 Å². The predicted octanol–water partition coefficient (Wildman–Crippen LogP) is 19.1. The molecular weight excluding hydrogens is 942 g/mol. The van der Waals surface area contributed by atoms with Gasteiger partial charge in [-0.1, -0.05) is 281 Å². The van der Waals surface area contributed by atoms with Gasteiger partial charge in [0.2, 0.25) is 0 Å². The number of unbranched alkanes of at least 4 members (excludes halogenated alkanes) is 36. The van der Waals surface area contributed by atoms with Crippen LogP contribution in [0.25, 0.3) is 0 Å². The third-order valence-electron chi connectivity index (χ3n) is 13.9. The summed E-state index contributed by atoms with van der Waals surface area (Å²) in [5, 5.41) is 0. The van der Waals surface area contributed by atoms with Gasteiger partial charge in [0.1, 0.15) is 19.8 Å². The molecule has 0 aliphatic carbocycles. The summed E-state index contributed by atoms with van der Waals surface area (Å²) in [6.07, 6.45) is 70.2. The van der Waals surface area contributed by atoms with E-state index in [9.17, 15) is 19.0 Å². The van der Waals surface area contributed by atoms with E-state index in [2.05, 4.69) is 62.5 Å². The van der Waals surface area contributed by atoms with Crippen LogP contribution in [-0.4, -0.2) is 70.0 Å². The van der Waals surface area contributed by atoms with Gasteiger partial charge in [0.05, 0.1) is 27.7 Å². The van der Waals surface area contributed by atoms with Crippen LogP contribution in [0.1, 0.15) is 296 Å². The highest BCUT2D eigenvalue weighted by molar-refractivity contribution is 7.45. The maximum atomic E-state index is 12.8. The van der Waals surface area contributed by atoms with Crippen LogP contribution in [0.2, 0.25) is 0 Å². The Labute approximate surface area is 458 Å². The van der Waals surface area contributed by atoms with E-state index in [1.54, 1.807) is 0 Å². The van der Waals surface area contributed by atoms with Crippen LogP contribution in [0.4, 0.5) is 0 Å². The van der Waals surface area contributed by atoms with Gasteiger partial charge >= 0.3 is 11.9 Å². The third-order valence-corrected chi connectivity index (χ3v) is 14.8. The number of phosphoric acid groups is 1. The monoisotopic (exact) mass is 1060 g/mol. The lowest BCUT2D eigenvalue weighted by molar-refractivity contribution is -0.870. The highest BCUT2D eigenvalue weighted by Crippen LogP contribution is 2.38. The number of ether oxygens (including phenoxy) is 2. The molecule has 0 radical (unpaired) electrons. The van der Waals surface area contributed by atoms with Gasteiger partial charge in [0.15, 0.2) is 6.10 Å². The second kappa shape index (κ2) is 55.7. The van der Waals surface area contributed by atoms with E-state index in [0.717, 1.165) is 64.2 Å². The molecule has 0 saturated heterocycles. The number of hydrogen-bond acceptors (Lipinski definition) is 8. The quantitative estimate of drug-likeness (QED) is 0.0195. The average molecular weight is 1060 g/mol. The minimum atomic E-state index is -4.64. The Morgan fingerprint density at radius 2 is 0.770 bits per heavy atom. The lowest BCUT2D eigenvalue weighted by Gasteiger charge is -2.28. The first-order valence-corrected chi connectivity index (χ1v) is 32.8. The van der Waals surface area contributed by atoms with E-state index in [4.69, 9.17) is 18.5 Å². The molecule has 0 saturated carbocycles. The molecule has 0 heterocycles.